The zero-order valence-corrected chi connectivity index (χ0v) is 16.4. The van der Waals surface area contributed by atoms with Crippen molar-refractivity contribution in [1.82, 2.24) is 14.8 Å². The second-order valence-corrected chi connectivity index (χ2v) is 8.56. The van der Waals surface area contributed by atoms with Crippen LogP contribution >= 0.6 is 0 Å². The zero-order valence-electron chi connectivity index (χ0n) is 15.6. The second kappa shape index (κ2) is 7.55. The number of amides is 1. The molecule has 9 nitrogen and oxygen atoms in total. The number of carbonyl (C=O) groups excluding carboxylic acids is 1. The van der Waals surface area contributed by atoms with E-state index in [4.69, 9.17) is 4.74 Å². The van der Waals surface area contributed by atoms with Gasteiger partial charge in [0.2, 0.25) is 10.0 Å². The first-order valence-electron chi connectivity index (χ1n) is 8.86. The third kappa shape index (κ3) is 4.21. The van der Waals surface area contributed by atoms with Crippen molar-refractivity contribution in [1.29, 1.82) is 0 Å². The molecule has 0 saturated heterocycles. The van der Waals surface area contributed by atoms with Crippen molar-refractivity contribution in [2.24, 2.45) is 0 Å². The minimum absolute atomic E-state index is 0.0969. The number of benzene rings is 2. The standard InChI is InChI=1S/C19H19N5O4S/c1-29(26,27)24-11-18(28-17-8-3-2-7-16(17)24)19(25)22-15-6-4-5-14(9-15)10-23-13-20-12-21-23/h2-9,12-13,18H,10-11H2,1H3,(H,22,25)/t18-/m1/s1. The van der Waals surface area contributed by atoms with Crippen LogP contribution < -0.4 is 14.4 Å². The predicted molar refractivity (Wildman–Crippen MR) is 107 cm³/mol. The number of rotatable bonds is 5. The number of anilines is 2. The molecule has 0 bridgehead atoms. The highest BCUT2D eigenvalue weighted by Crippen LogP contribution is 2.34. The fourth-order valence-corrected chi connectivity index (χ4v) is 4.04. The highest BCUT2D eigenvalue weighted by Gasteiger charge is 2.34. The summed E-state index contributed by atoms with van der Waals surface area (Å²) in [7, 11) is -3.56. The first-order chi connectivity index (χ1) is 13.9. The average molecular weight is 413 g/mol. The fourth-order valence-electron chi connectivity index (χ4n) is 3.12. The summed E-state index contributed by atoms with van der Waals surface area (Å²) in [4.78, 5) is 16.7. The van der Waals surface area contributed by atoms with Crippen LogP contribution in [0.2, 0.25) is 0 Å². The lowest BCUT2D eigenvalue weighted by atomic mass is 10.2. The van der Waals surface area contributed by atoms with Crippen LogP contribution in [0.25, 0.3) is 0 Å². The van der Waals surface area contributed by atoms with E-state index in [0.29, 0.717) is 23.7 Å². The molecule has 1 atom stereocenters. The van der Waals surface area contributed by atoms with E-state index in [1.54, 1.807) is 41.3 Å². The number of ether oxygens (including phenoxy) is 1. The minimum atomic E-state index is -3.56. The Labute approximate surface area is 168 Å². The monoisotopic (exact) mass is 413 g/mol. The van der Waals surface area contributed by atoms with Gasteiger partial charge in [-0.2, -0.15) is 5.10 Å². The van der Waals surface area contributed by atoms with Crippen LogP contribution in [0.15, 0.2) is 61.2 Å². The maximum absolute atomic E-state index is 12.8. The summed E-state index contributed by atoms with van der Waals surface area (Å²) in [6, 6.07) is 14.1. The van der Waals surface area contributed by atoms with Crippen molar-refractivity contribution in [3.63, 3.8) is 0 Å². The van der Waals surface area contributed by atoms with Crippen LogP contribution in [-0.2, 0) is 21.4 Å². The number of aromatic nitrogens is 3. The number of sulfonamides is 1. The van der Waals surface area contributed by atoms with Gasteiger partial charge in [0, 0.05) is 5.69 Å². The van der Waals surface area contributed by atoms with E-state index in [9.17, 15) is 13.2 Å². The number of hydrogen-bond donors (Lipinski definition) is 1. The van der Waals surface area contributed by atoms with Gasteiger partial charge in [0.25, 0.3) is 5.91 Å². The van der Waals surface area contributed by atoms with Crippen molar-refractivity contribution in [3.8, 4) is 5.75 Å². The molecule has 0 fully saturated rings. The first kappa shape index (κ1) is 18.9. The summed E-state index contributed by atoms with van der Waals surface area (Å²) in [6.07, 6.45) is 3.20. The molecular formula is C19H19N5O4S. The molecule has 0 spiro atoms. The third-order valence-electron chi connectivity index (χ3n) is 4.43. The maximum atomic E-state index is 12.8. The molecule has 1 amide bonds. The number of nitrogens with one attached hydrogen (secondary N) is 1. The lowest BCUT2D eigenvalue weighted by Crippen LogP contribution is -2.48. The Bertz CT molecular complexity index is 1130. The zero-order chi connectivity index (χ0) is 20.4. The Balaban J connectivity index is 1.52. The Kier molecular flexibility index (Phi) is 4.93. The fraction of sp³-hybridized carbons (Fsp3) is 0.211. The van der Waals surface area contributed by atoms with Crippen LogP contribution in [-0.4, -0.2) is 48.0 Å². The van der Waals surface area contributed by atoms with Crippen LogP contribution in [0.1, 0.15) is 5.56 Å². The number of para-hydroxylation sites is 2. The maximum Gasteiger partial charge on any atom is 0.267 e. The van der Waals surface area contributed by atoms with E-state index in [1.807, 2.05) is 18.2 Å². The summed E-state index contributed by atoms with van der Waals surface area (Å²) in [5.74, 6) is -0.0738. The predicted octanol–water partition coefficient (Wildman–Crippen LogP) is 1.49. The molecule has 0 unspecified atom stereocenters. The van der Waals surface area contributed by atoms with Crippen LogP contribution in [0.5, 0.6) is 5.75 Å². The van der Waals surface area contributed by atoms with Gasteiger partial charge in [-0.25, -0.2) is 18.1 Å². The Morgan fingerprint density at radius 3 is 2.83 bits per heavy atom. The normalized spacial score (nSPS) is 16.0. The van der Waals surface area contributed by atoms with E-state index >= 15 is 0 Å². The number of fused-ring (bicyclic) bond motifs is 1. The minimum Gasteiger partial charge on any atom is -0.476 e. The second-order valence-electron chi connectivity index (χ2n) is 6.65. The van der Waals surface area contributed by atoms with E-state index in [0.717, 1.165) is 11.8 Å². The largest absolute Gasteiger partial charge is 0.476 e. The Morgan fingerprint density at radius 2 is 2.07 bits per heavy atom. The molecule has 3 aromatic rings. The summed E-state index contributed by atoms with van der Waals surface area (Å²) in [6.45, 7) is 0.416. The van der Waals surface area contributed by atoms with Crippen LogP contribution in [0.4, 0.5) is 11.4 Å². The smallest absolute Gasteiger partial charge is 0.267 e. The molecule has 0 saturated carbocycles. The van der Waals surface area contributed by atoms with E-state index in [1.165, 1.54) is 10.6 Å². The highest BCUT2D eigenvalue weighted by molar-refractivity contribution is 7.92. The van der Waals surface area contributed by atoms with Gasteiger partial charge in [0.15, 0.2) is 6.10 Å². The summed E-state index contributed by atoms with van der Waals surface area (Å²) in [5, 5.41) is 6.87. The van der Waals surface area contributed by atoms with Crippen LogP contribution in [0.3, 0.4) is 0 Å². The molecule has 0 aliphatic carbocycles. The molecule has 10 heteroatoms. The first-order valence-corrected chi connectivity index (χ1v) is 10.7. The summed E-state index contributed by atoms with van der Waals surface area (Å²) in [5.41, 5.74) is 1.94. The molecule has 1 aliphatic rings. The Morgan fingerprint density at radius 1 is 1.24 bits per heavy atom. The molecule has 0 radical (unpaired) electrons. The number of nitrogens with zero attached hydrogens (tertiary/aromatic N) is 4. The van der Waals surface area contributed by atoms with Gasteiger partial charge >= 0.3 is 0 Å². The topological polar surface area (TPSA) is 106 Å². The molecule has 1 N–H and O–H groups in total. The van der Waals surface area contributed by atoms with Crippen LogP contribution in [0, 0.1) is 0 Å². The molecule has 29 heavy (non-hydrogen) atoms. The quantitative estimate of drug-likeness (QED) is 0.679. The van der Waals surface area contributed by atoms with Crippen molar-refractivity contribution in [3.05, 3.63) is 66.7 Å². The SMILES string of the molecule is CS(=O)(=O)N1C[C@H](C(=O)Nc2cccc(Cn3cncn3)c2)Oc2ccccc21. The molecule has 2 heterocycles. The molecule has 1 aliphatic heterocycles. The third-order valence-corrected chi connectivity index (χ3v) is 5.58. The average Bonchev–Trinajstić information content (AvgIpc) is 3.19. The van der Waals surface area contributed by atoms with Gasteiger partial charge in [-0.15, -0.1) is 0 Å². The summed E-state index contributed by atoms with van der Waals surface area (Å²) >= 11 is 0. The van der Waals surface area contributed by atoms with Crippen molar-refractivity contribution >= 4 is 27.3 Å². The van der Waals surface area contributed by atoms with Gasteiger partial charge in [-0.3, -0.25) is 9.10 Å². The number of hydrogen-bond acceptors (Lipinski definition) is 6. The highest BCUT2D eigenvalue weighted by atomic mass is 32.2. The Hall–Kier alpha value is -3.40. The van der Waals surface area contributed by atoms with Gasteiger partial charge in [0.1, 0.15) is 18.4 Å². The van der Waals surface area contributed by atoms with Crippen molar-refractivity contribution < 1.29 is 17.9 Å². The molecule has 2 aromatic carbocycles. The lowest BCUT2D eigenvalue weighted by molar-refractivity contribution is -0.122. The van der Waals surface area contributed by atoms with Gasteiger partial charge < -0.3 is 10.1 Å². The van der Waals surface area contributed by atoms with E-state index in [-0.39, 0.29) is 6.54 Å². The van der Waals surface area contributed by atoms with E-state index < -0.39 is 22.0 Å². The number of carbonyl (C=O) groups is 1. The van der Waals surface area contributed by atoms with Gasteiger partial charge in [-0.1, -0.05) is 24.3 Å². The molecular weight excluding hydrogens is 394 g/mol. The van der Waals surface area contributed by atoms with Gasteiger partial charge in [-0.05, 0) is 29.8 Å². The molecule has 1 aromatic heterocycles. The molecule has 150 valence electrons. The van der Waals surface area contributed by atoms with Crippen molar-refractivity contribution in [2.45, 2.75) is 12.6 Å². The van der Waals surface area contributed by atoms with Gasteiger partial charge in [0.05, 0.1) is 25.0 Å². The van der Waals surface area contributed by atoms with Crippen molar-refractivity contribution in [2.75, 3.05) is 22.4 Å². The van der Waals surface area contributed by atoms with E-state index in [2.05, 4.69) is 15.4 Å². The lowest BCUT2D eigenvalue weighted by Gasteiger charge is -2.33. The summed E-state index contributed by atoms with van der Waals surface area (Å²) < 4.78 is 33.0. The molecule has 4 rings (SSSR count).